The van der Waals surface area contributed by atoms with Crippen LogP contribution in [-0.4, -0.2) is 13.2 Å². The number of fused-ring (bicyclic) bond motifs is 1. The van der Waals surface area contributed by atoms with Crippen LogP contribution in [0.25, 0.3) is 11.1 Å². The highest BCUT2D eigenvalue weighted by Crippen LogP contribution is 2.41. The molecule has 0 saturated heterocycles. The SMILES string of the molecule is Cl.c1ccc(-c2ccccc2CNCCCC2(c3ccccc3)COCc3ccccc32)cc1. The number of ether oxygens (including phenoxy) is 1. The number of benzene rings is 4. The first kappa shape index (κ1) is 24.2. The molecule has 2 nitrogen and oxygen atoms in total. The molecule has 34 heavy (non-hydrogen) atoms. The Morgan fingerprint density at radius 1 is 0.735 bits per heavy atom. The molecule has 0 spiro atoms. The van der Waals surface area contributed by atoms with Crippen molar-refractivity contribution in [3.05, 3.63) is 131 Å². The maximum Gasteiger partial charge on any atom is 0.0720 e. The molecule has 4 aromatic rings. The molecule has 0 radical (unpaired) electrons. The highest BCUT2D eigenvalue weighted by Gasteiger charge is 2.38. The second kappa shape index (κ2) is 11.5. The molecule has 0 amide bonds. The molecule has 1 N–H and O–H groups in total. The minimum atomic E-state index is -0.0836. The number of hydrogen-bond acceptors (Lipinski definition) is 2. The van der Waals surface area contributed by atoms with Gasteiger partial charge in [0.2, 0.25) is 0 Å². The van der Waals surface area contributed by atoms with Crippen LogP contribution in [0.2, 0.25) is 0 Å². The molecule has 0 fully saturated rings. The summed E-state index contributed by atoms with van der Waals surface area (Å²) in [6.45, 7) is 3.29. The first-order valence-corrected chi connectivity index (χ1v) is 11.9. The fraction of sp³-hybridized carbons (Fsp3) is 0.226. The lowest BCUT2D eigenvalue weighted by Gasteiger charge is -2.40. The second-order valence-corrected chi connectivity index (χ2v) is 8.90. The number of halogens is 1. The quantitative estimate of drug-likeness (QED) is 0.276. The van der Waals surface area contributed by atoms with Crippen LogP contribution >= 0.6 is 12.4 Å². The van der Waals surface area contributed by atoms with Crippen molar-refractivity contribution in [2.75, 3.05) is 13.2 Å². The van der Waals surface area contributed by atoms with Crippen LogP contribution in [0, 0.1) is 0 Å². The Hall–Kier alpha value is -2.91. The van der Waals surface area contributed by atoms with Crippen LogP contribution in [0.15, 0.2) is 109 Å². The Bertz CT molecular complexity index is 1180. The standard InChI is InChI=1S/C31H31NO.ClH/c1-3-12-25(13-4-1)29-18-9-7-14-26(29)22-32-21-11-20-31(28-16-5-2-6-17-28)24-33-23-27-15-8-10-19-30(27)31;/h1-10,12-19,32H,11,20-24H2;1H. The van der Waals surface area contributed by atoms with Crippen molar-refractivity contribution < 1.29 is 4.74 Å². The molecular weight excluding hydrogens is 438 g/mol. The molecule has 0 aliphatic carbocycles. The van der Waals surface area contributed by atoms with Gasteiger partial charge in [0.25, 0.3) is 0 Å². The largest absolute Gasteiger partial charge is 0.375 e. The molecule has 5 rings (SSSR count). The van der Waals surface area contributed by atoms with Gasteiger partial charge in [0, 0.05) is 12.0 Å². The second-order valence-electron chi connectivity index (χ2n) is 8.90. The molecule has 4 aromatic carbocycles. The Kier molecular flexibility index (Phi) is 8.18. The van der Waals surface area contributed by atoms with Crippen molar-refractivity contribution in [3.8, 4) is 11.1 Å². The van der Waals surface area contributed by atoms with Gasteiger partial charge >= 0.3 is 0 Å². The summed E-state index contributed by atoms with van der Waals surface area (Å²) in [4.78, 5) is 0. The molecule has 1 aliphatic rings. The van der Waals surface area contributed by atoms with E-state index in [9.17, 15) is 0 Å². The lowest BCUT2D eigenvalue weighted by Crippen LogP contribution is -2.38. The minimum Gasteiger partial charge on any atom is -0.375 e. The van der Waals surface area contributed by atoms with E-state index in [0.717, 1.165) is 32.5 Å². The van der Waals surface area contributed by atoms with Gasteiger partial charge in [0.15, 0.2) is 0 Å². The van der Waals surface area contributed by atoms with Crippen LogP contribution in [0.5, 0.6) is 0 Å². The zero-order chi connectivity index (χ0) is 22.3. The maximum atomic E-state index is 6.14. The molecule has 1 atom stereocenters. The fourth-order valence-corrected chi connectivity index (χ4v) is 5.19. The summed E-state index contributed by atoms with van der Waals surface area (Å²) in [5.41, 5.74) is 7.93. The molecule has 0 aromatic heterocycles. The van der Waals surface area contributed by atoms with E-state index in [1.54, 1.807) is 0 Å². The van der Waals surface area contributed by atoms with Crippen molar-refractivity contribution >= 4 is 12.4 Å². The van der Waals surface area contributed by atoms with Crippen LogP contribution in [0.3, 0.4) is 0 Å². The summed E-state index contributed by atoms with van der Waals surface area (Å²) in [7, 11) is 0. The predicted octanol–water partition coefficient (Wildman–Crippen LogP) is 7.16. The average molecular weight is 470 g/mol. The molecule has 1 aliphatic heterocycles. The van der Waals surface area contributed by atoms with E-state index >= 15 is 0 Å². The summed E-state index contributed by atoms with van der Waals surface area (Å²) in [6, 6.07) is 39.0. The van der Waals surface area contributed by atoms with Crippen LogP contribution in [0.4, 0.5) is 0 Å². The third-order valence-electron chi connectivity index (χ3n) is 6.84. The summed E-state index contributed by atoms with van der Waals surface area (Å²) >= 11 is 0. The van der Waals surface area contributed by atoms with Crippen molar-refractivity contribution in [1.29, 1.82) is 0 Å². The third kappa shape index (κ3) is 5.10. The van der Waals surface area contributed by atoms with Gasteiger partial charge in [-0.3, -0.25) is 0 Å². The van der Waals surface area contributed by atoms with Crippen LogP contribution in [0.1, 0.15) is 35.1 Å². The topological polar surface area (TPSA) is 21.3 Å². The lowest BCUT2D eigenvalue weighted by molar-refractivity contribution is 0.0613. The summed E-state index contributed by atoms with van der Waals surface area (Å²) in [6.07, 6.45) is 2.14. The highest BCUT2D eigenvalue weighted by molar-refractivity contribution is 5.85. The summed E-state index contributed by atoms with van der Waals surface area (Å²) in [5.74, 6) is 0. The van der Waals surface area contributed by atoms with Gasteiger partial charge in [-0.1, -0.05) is 109 Å². The zero-order valence-corrected chi connectivity index (χ0v) is 20.3. The van der Waals surface area contributed by atoms with E-state index < -0.39 is 0 Å². The van der Waals surface area contributed by atoms with Gasteiger partial charge in [-0.2, -0.15) is 0 Å². The molecule has 0 bridgehead atoms. The minimum absolute atomic E-state index is 0. The average Bonchev–Trinajstić information content (AvgIpc) is 2.90. The van der Waals surface area contributed by atoms with E-state index in [1.165, 1.54) is 33.4 Å². The van der Waals surface area contributed by atoms with E-state index in [-0.39, 0.29) is 17.8 Å². The summed E-state index contributed by atoms with van der Waals surface area (Å²) in [5, 5.41) is 3.70. The van der Waals surface area contributed by atoms with Gasteiger partial charge in [-0.15, -0.1) is 12.4 Å². The van der Waals surface area contributed by atoms with Gasteiger partial charge in [0.1, 0.15) is 0 Å². The number of rotatable bonds is 8. The lowest BCUT2D eigenvalue weighted by atomic mass is 9.69. The van der Waals surface area contributed by atoms with E-state index in [2.05, 4.69) is 115 Å². The van der Waals surface area contributed by atoms with Gasteiger partial charge < -0.3 is 10.1 Å². The fourth-order valence-electron chi connectivity index (χ4n) is 5.19. The Labute approximate surface area is 209 Å². The Morgan fingerprint density at radius 2 is 1.41 bits per heavy atom. The molecular formula is C31H32ClNO. The zero-order valence-electron chi connectivity index (χ0n) is 19.5. The first-order valence-electron chi connectivity index (χ1n) is 11.9. The predicted molar refractivity (Wildman–Crippen MR) is 143 cm³/mol. The van der Waals surface area contributed by atoms with Crippen molar-refractivity contribution in [2.45, 2.75) is 31.4 Å². The van der Waals surface area contributed by atoms with Crippen molar-refractivity contribution in [1.82, 2.24) is 5.32 Å². The van der Waals surface area contributed by atoms with Crippen LogP contribution in [-0.2, 0) is 23.3 Å². The molecule has 1 unspecified atom stereocenters. The smallest absolute Gasteiger partial charge is 0.0720 e. The molecule has 174 valence electrons. The number of hydrogen-bond donors (Lipinski definition) is 1. The van der Waals surface area contributed by atoms with Crippen molar-refractivity contribution in [3.63, 3.8) is 0 Å². The van der Waals surface area contributed by atoms with E-state index in [0.29, 0.717) is 6.61 Å². The normalized spacial score (nSPS) is 16.9. The van der Waals surface area contributed by atoms with Gasteiger partial charge in [0.05, 0.1) is 13.2 Å². The molecule has 0 saturated carbocycles. The van der Waals surface area contributed by atoms with Gasteiger partial charge in [-0.05, 0) is 52.8 Å². The first-order chi connectivity index (χ1) is 16.4. The summed E-state index contributed by atoms with van der Waals surface area (Å²) < 4.78 is 6.14. The maximum absolute atomic E-state index is 6.14. The number of nitrogens with one attached hydrogen (secondary N) is 1. The third-order valence-corrected chi connectivity index (χ3v) is 6.84. The van der Waals surface area contributed by atoms with Gasteiger partial charge in [-0.25, -0.2) is 0 Å². The highest BCUT2D eigenvalue weighted by atomic mass is 35.5. The molecule has 1 heterocycles. The van der Waals surface area contributed by atoms with E-state index in [1.807, 2.05) is 0 Å². The van der Waals surface area contributed by atoms with E-state index in [4.69, 9.17) is 4.74 Å². The van der Waals surface area contributed by atoms with Crippen molar-refractivity contribution in [2.24, 2.45) is 0 Å². The van der Waals surface area contributed by atoms with Crippen LogP contribution < -0.4 is 5.32 Å². The monoisotopic (exact) mass is 469 g/mol. The Morgan fingerprint density at radius 3 is 2.24 bits per heavy atom. The molecule has 3 heteroatoms. The Balaban J connectivity index is 0.00000274.